The van der Waals surface area contributed by atoms with Crippen molar-refractivity contribution in [2.45, 2.75) is 6.61 Å². The molecule has 0 aliphatic carbocycles. The molecule has 0 spiro atoms. The molecule has 1 heterocycles. The average Bonchev–Trinajstić information content (AvgIpc) is 3.22. The van der Waals surface area contributed by atoms with Crippen molar-refractivity contribution in [1.29, 1.82) is 0 Å². The van der Waals surface area contributed by atoms with E-state index in [1.165, 1.54) is 43.8 Å². The number of anilines is 1. The monoisotopic (exact) mass is 386 g/mol. The van der Waals surface area contributed by atoms with Crippen LogP contribution in [0, 0.1) is 0 Å². The number of rotatable bonds is 7. The zero-order valence-electron chi connectivity index (χ0n) is 14.8. The number of halogens is 2. The van der Waals surface area contributed by atoms with E-state index in [9.17, 15) is 13.6 Å². The summed E-state index contributed by atoms with van der Waals surface area (Å²) in [5.41, 5.74) is 2.01. The zero-order chi connectivity index (χ0) is 19.9. The molecule has 1 aromatic heterocycles. The first-order valence-electron chi connectivity index (χ1n) is 8.12. The Morgan fingerprint density at radius 3 is 2.61 bits per heavy atom. The summed E-state index contributed by atoms with van der Waals surface area (Å²) in [5.74, 6) is -0.279. The molecule has 0 saturated heterocycles. The number of hydrogen-bond donors (Lipinski definition) is 1. The van der Waals surface area contributed by atoms with E-state index in [1.54, 1.807) is 35.3 Å². The zero-order valence-corrected chi connectivity index (χ0v) is 14.8. The second-order valence-corrected chi connectivity index (χ2v) is 5.50. The third-order valence-corrected chi connectivity index (χ3v) is 3.65. The van der Waals surface area contributed by atoms with Crippen LogP contribution in [0.2, 0.25) is 0 Å². The first-order valence-corrected chi connectivity index (χ1v) is 8.12. The maximum Gasteiger partial charge on any atom is 0.387 e. The normalized spacial score (nSPS) is 11.0. The minimum Gasteiger partial charge on any atom is -0.493 e. The Bertz CT molecular complexity index is 958. The number of methoxy groups -OCH3 is 1. The van der Waals surface area contributed by atoms with Gasteiger partial charge in [0.25, 0.3) is 0 Å². The number of carbonyl (C=O) groups excluding carboxylic acids is 1. The van der Waals surface area contributed by atoms with Crippen molar-refractivity contribution in [3.05, 3.63) is 66.8 Å². The highest BCUT2D eigenvalue weighted by atomic mass is 19.3. The highest BCUT2D eigenvalue weighted by molar-refractivity contribution is 6.02. The van der Waals surface area contributed by atoms with Crippen molar-refractivity contribution in [1.82, 2.24) is 14.8 Å². The molecule has 0 radical (unpaired) electrons. The fraction of sp³-hybridized carbons (Fsp3) is 0.105. The summed E-state index contributed by atoms with van der Waals surface area (Å²) in [6.07, 6.45) is 5.87. The van der Waals surface area contributed by atoms with Gasteiger partial charge in [-0.3, -0.25) is 4.79 Å². The number of amides is 1. The summed E-state index contributed by atoms with van der Waals surface area (Å²) in [4.78, 5) is 16.0. The summed E-state index contributed by atoms with van der Waals surface area (Å²) >= 11 is 0. The van der Waals surface area contributed by atoms with Gasteiger partial charge in [-0.1, -0.05) is 6.07 Å². The first kappa shape index (κ1) is 19.0. The van der Waals surface area contributed by atoms with Crippen molar-refractivity contribution >= 4 is 17.7 Å². The fourth-order valence-electron chi connectivity index (χ4n) is 2.38. The van der Waals surface area contributed by atoms with Gasteiger partial charge in [0.2, 0.25) is 5.91 Å². The number of aromatic nitrogens is 3. The summed E-state index contributed by atoms with van der Waals surface area (Å²) in [6, 6.07) is 11.4. The highest BCUT2D eigenvalue weighted by Crippen LogP contribution is 2.29. The van der Waals surface area contributed by atoms with E-state index in [1.807, 2.05) is 0 Å². The minimum atomic E-state index is -2.95. The topological polar surface area (TPSA) is 78.3 Å². The van der Waals surface area contributed by atoms with Crippen LogP contribution in [0.3, 0.4) is 0 Å². The van der Waals surface area contributed by atoms with Gasteiger partial charge in [0.1, 0.15) is 12.7 Å². The van der Waals surface area contributed by atoms with Crippen LogP contribution in [0.4, 0.5) is 14.5 Å². The molecule has 0 aliphatic rings. The van der Waals surface area contributed by atoms with Crippen LogP contribution >= 0.6 is 0 Å². The predicted octanol–water partition coefficient (Wildman–Crippen LogP) is 3.53. The molecule has 1 amide bonds. The Balaban J connectivity index is 1.63. The summed E-state index contributed by atoms with van der Waals surface area (Å²) in [5, 5.41) is 6.75. The van der Waals surface area contributed by atoms with Crippen molar-refractivity contribution in [3.8, 4) is 17.2 Å². The van der Waals surface area contributed by atoms with Crippen molar-refractivity contribution in [2.24, 2.45) is 0 Å². The van der Waals surface area contributed by atoms with E-state index in [0.717, 1.165) is 5.69 Å². The highest BCUT2D eigenvalue weighted by Gasteiger charge is 2.10. The van der Waals surface area contributed by atoms with E-state index in [-0.39, 0.29) is 17.4 Å². The molecule has 28 heavy (non-hydrogen) atoms. The predicted molar refractivity (Wildman–Crippen MR) is 98.6 cm³/mol. The molecule has 0 aliphatic heterocycles. The quantitative estimate of drug-likeness (QED) is 0.629. The molecule has 0 fully saturated rings. The number of alkyl halides is 2. The van der Waals surface area contributed by atoms with Crippen LogP contribution in [0.15, 0.2) is 61.2 Å². The van der Waals surface area contributed by atoms with Crippen molar-refractivity contribution in [3.63, 3.8) is 0 Å². The standard InChI is InChI=1S/C19H16F2N4O3/c1-27-17-10-13(2-8-16(17)28-19(20)21)3-9-18(26)24-14-4-6-15(7-5-14)25-12-22-11-23-25/h2-12,19H,1H3,(H,24,26). The third-order valence-electron chi connectivity index (χ3n) is 3.65. The van der Waals surface area contributed by atoms with Gasteiger partial charge in [-0.15, -0.1) is 0 Å². The van der Waals surface area contributed by atoms with Crippen LogP contribution in [0.25, 0.3) is 11.8 Å². The van der Waals surface area contributed by atoms with Gasteiger partial charge in [-0.2, -0.15) is 13.9 Å². The second kappa shape index (κ2) is 8.76. The van der Waals surface area contributed by atoms with Gasteiger partial charge in [-0.25, -0.2) is 9.67 Å². The SMILES string of the molecule is COc1cc(C=CC(=O)Nc2ccc(-n3cncn3)cc2)ccc1OC(F)F. The molecule has 2 aromatic carbocycles. The lowest BCUT2D eigenvalue weighted by atomic mass is 10.2. The maximum atomic E-state index is 12.4. The van der Waals surface area contributed by atoms with Gasteiger partial charge in [-0.05, 0) is 48.0 Å². The van der Waals surface area contributed by atoms with Gasteiger partial charge in [0.05, 0.1) is 12.8 Å². The van der Waals surface area contributed by atoms with Crippen LogP contribution in [-0.4, -0.2) is 34.4 Å². The lowest BCUT2D eigenvalue weighted by molar-refractivity contribution is -0.111. The lowest BCUT2D eigenvalue weighted by Crippen LogP contribution is -2.07. The van der Waals surface area contributed by atoms with Crippen molar-refractivity contribution in [2.75, 3.05) is 12.4 Å². The molecule has 0 atom stereocenters. The number of carbonyl (C=O) groups is 1. The number of nitrogens with one attached hydrogen (secondary N) is 1. The molecule has 0 bridgehead atoms. The van der Waals surface area contributed by atoms with Crippen LogP contribution in [0.5, 0.6) is 11.5 Å². The molecule has 1 N–H and O–H groups in total. The molecular formula is C19H16F2N4O3. The number of ether oxygens (including phenoxy) is 2. The van der Waals surface area contributed by atoms with Crippen LogP contribution in [0.1, 0.15) is 5.56 Å². The molecule has 0 unspecified atom stereocenters. The largest absolute Gasteiger partial charge is 0.493 e. The smallest absolute Gasteiger partial charge is 0.387 e. The fourth-order valence-corrected chi connectivity index (χ4v) is 2.38. The number of nitrogens with zero attached hydrogens (tertiary/aromatic N) is 3. The van der Waals surface area contributed by atoms with Gasteiger partial charge < -0.3 is 14.8 Å². The lowest BCUT2D eigenvalue weighted by Gasteiger charge is -2.10. The molecule has 9 heteroatoms. The first-order chi connectivity index (χ1) is 13.5. The van der Waals surface area contributed by atoms with Crippen LogP contribution < -0.4 is 14.8 Å². The maximum absolute atomic E-state index is 12.4. The van der Waals surface area contributed by atoms with E-state index in [4.69, 9.17) is 4.74 Å². The minimum absolute atomic E-state index is 0.0772. The third kappa shape index (κ3) is 4.91. The van der Waals surface area contributed by atoms with E-state index in [2.05, 4.69) is 20.1 Å². The molecule has 3 aromatic rings. The Hall–Kier alpha value is -3.75. The Morgan fingerprint density at radius 2 is 1.96 bits per heavy atom. The second-order valence-electron chi connectivity index (χ2n) is 5.50. The average molecular weight is 386 g/mol. The van der Waals surface area contributed by atoms with E-state index in [0.29, 0.717) is 11.3 Å². The van der Waals surface area contributed by atoms with Gasteiger partial charge in [0.15, 0.2) is 11.5 Å². The summed E-state index contributed by atoms with van der Waals surface area (Å²) < 4.78 is 35.7. The summed E-state index contributed by atoms with van der Waals surface area (Å²) in [6.45, 7) is -2.95. The number of benzene rings is 2. The molecule has 3 rings (SSSR count). The summed E-state index contributed by atoms with van der Waals surface area (Å²) in [7, 11) is 1.34. The molecular weight excluding hydrogens is 370 g/mol. The Kier molecular flexibility index (Phi) is 5.95. The van der Waals surface area contributed by atoms with E-state index >= 15 is 0 Å². The molecule has 0 saturated carbocycles. The van der Waals surface area contributed by atoms with Crippen LogP contribution in [-0.2, 0) is 4.79 Å². The Labute approximate surface area is 159 Å². The molecule has 144 valence electrons. The van der Waals surface area contributed by atoms with Crippen molar-refractivity contribution < 1.29 is 23.0 Å². The van der Waals surface area contributed by atoms with Gasteiger partial charge in [0, 0.05) is 11.8 Å². The molecule has 7 nitrogen and oxygen atoms in total. The van der Waals surface area contributed by atoms with E-state index < -0.39 is 6.61 Å². The Morgan fingerprint density at radius 1 is 1.18 bits per heavy atom. The number of hydrogen-bond acceptors (Lipinski definition) is 5. The van der Waals surface area contributed by atoms with Gasteiger partial charge >= 0.3 is 6.61 Å².